The zero-order chi connectivity index (χ0) is 15.0. The van der Waals surface area contributed by atoms with Crippen molar-refractivity contribution < 1.29 is 4.79 Å². The topological polar surface area (TPSA) is 58.4 Å². The summed E-state index contributed by atoms with van der Waals surface area (Å²) in [5, 5.41) is 3.05. The Labute approximate surface area is 146 Å². The lowest BCUT2D eigenvalue weighted by Crippen LogP contribution is -2.42. The van der Waals surface area contributed by atoms with E-state index in [0.717, 1.165) is 30.9 Å². The van der Waals surface area contributed by atoms with Crippen LogP contribution in [0.25, 0.3) is 0 Å². The molecule has 1 unspecified atom stereocenters. The second-order valence-corrected chi connectivity index (χ2v) is 5.15. The van der Waals surface area contributed by atoms with Crippen LogP contribution in [-0.2, 0) is 11.2 Å². The molecule has 0 bridgehead atoms. The molecule has 0 radical (unpaired) electrons. The monoisotopic (exact) mass is 349 g/mol. The molecule has 0 spiro atoms. The highest BCUT2D eigenvalue weighted by atomic mass is 35.5. The molecule has 4 nitrogen and oxygen atoms in total. The smallest absolute Gasteiger partial charge is 0.220 e. The number of hydrogen-bond donors (Lipinski definition) is 2. The van der Waals surface area contributed by atoms with Gasteiger partial charge in [0.15, 0.2) is 0 Å². The minimum atomic E-state index is 0. The van der Waals surface area contributed by atoms with Crippen molar-refractivity contribution in [1.82, 2.24) is 10.2 Å². The van der Waals surface area contributed by atoms with E-state index in [1.54, 1.807) is 0 Å². The average molecular weight is 350 g/mol. The molecule has 0 aromatic heterocycles. The molecule has 1 aromatic rings. The van der Waals surface area contributed by atoms with Crippen LogP contribution in [0.3, 0.4) is 0 Å². The van der Waals surface area contributed by atoms with Crippen LogP contribution in [0.5, 0.6) is 0 Å². The number of nitrogens with zero attached hydrogens (tertiary/aromatic N) is 1. The van der Waals surface area contributed by atoms with Crippen LogP contribution in [0.15, 0.2) is 24.3 Å². The summed E-state index contributed by atoms with van der Waals surface area (Å²) in [5.41, 5.74) is 7.67. The van der Waals surface area contributed by atoms with Crippen LogP contribution in [0.1, 0.15) is 32.8 Å². The van der Waals surface area contributed by atoms with E-state index in [-0.39, 0.29) is 36.8 Å². The number of likely N-dealkylation sites (N-methyl/N-ethyl adjacent to an activating group) is 1. The maximum Gasteiger partial charge on any atom is 0.220 e. The molecule has 0 aliphatic rings. The second-order valence-electron chi connectivity index (χ2n) is 5.15. The Morgan fingerprint density at radius 1 is 1.23 bits per heavy atom. The van der Waals surface area contributed by atoms with Crippen molar-refractivity contribution >= 4 is 36.4 Å². The van der Waals surface area contributed by atoms with E-state index in [2.05, 4.69) is 24.1 Å². The molecule has 1 aromatic carbocycles. The van der Waals surface area contributed by atoms with Gasteiger partial charge in [-0.25, -0.2) is 0 Å². The zero-order valence-electron chi connectivity index (χ0n) is 13.7. The lowest BCUT2D eigenvalue weighted by atomic mass is 10.1. The number of carbonyl (C=O) groups excluding carboxylic acids is 1. The largest absolute Gasteiger partial charge is 0.399 e. The molecule has 0 aliphatic heterocycles. The molecule has 0 aliphatic carbocycles. The van der Waals surface area contributed by atoms with Gasteiger partial charge in [0.2, 0.25) is 5.91 Å². The molecule has 0 heterocycles. The average Bonchev–Trinajstić information content (AvgIpc) is 2.43. The maximum atomic E-state index is 11.9. The number of amides is 1. The first-order valence-corrected chi connectivity index (χ1v) is 7.41. The van der Waals surface area contributed by atoms with Gasteiger partial charge in [0, 0.05) is 24.7 Å². The van der Waals surface area contributed by atoms with E-state index in [0.29, 0.717) is 12.8 Å². The number of aryl methyl sites for hydroxylation is 1. The number of halogens is 2. The third-order valence-corrected chi connectivity index (χ3v) is 3.51. The molecule has 128 valence electrons. The standard InChI is InChI=1S/C16H27N3O.2ClH/c1-4-19(5-2)12-13(3)18-16(20)11-10-14-8-6-7-9-15(14)17;;/h6-9,13H,4-5,10-12,17H2,1-3H3,(H,18,20);2*1H. The Kier molecular flexibility index (Phi) is 13.3. The predicted octanol–water partition coefficient (Wildman–Crippen LogP) is 2.89. The van der Waals surface area contributed by atoms with Gasteiger partial charge in [-0.1, -0.05) is 32.0 Å². The predicted molar refractivity (Wildman–Crippen MR) is 99.1 cm³/mol. The molecule has 3 N–H and O–H groups in total. The highest BCUT2D eigenvalue weighted by Crippen LogP contribution is 2.12. The first kappa shape index (κ1) is 23.3. The summed E-state index contributed by atoms with van der Waals surface area (Å²) in [6, 6.07) is 7.88. The van der Waals surface area contributed by atoms with E-state index in [4.69, 9.17) is 5.73 Å². The lowest BCUT2D eigenvalue weighted by molar-refractivity contribution is -0.121. The number of hydrogen-bond acceptors (Lipinski definition) is 3. The summed E-state index contributed by atoms with van der Waals surface area (Å²) in [4.78, 5) is 14.2. The van der Waals surface area contributed by atoms with Crippen LogP contribution in [-0.4, -0.2) is 36.5 Å². The fraction of sp³-hybridized carbons (Fsp3) is 0.562. The van der Waals surface area contributed by atoms with Crippen LogP contribution < -0.4 is 11.1 Å². The molecule has 0 saturated carbocycles. The number of nitrogen functional groups attached to an aromatic ring is 1. The van der Waals surface area contributed by atoms with Gasteiger partial charge in [0.25, 0.3) is 0 Å². The normalized spacial score (nSPS) is 11.3. The van der Waals surface area contributed by atoms with Gasteiger partial charge < -0.3 is 16.0 Å². The third kappa shape index (κ3) is 8.47. The van der Waals surface area contributed by atoms with Gasteiger partial charge in [-0.05, 0) is 38.1 Å². The Balaban J connectivity index is 0. The fourth-order valence-electron chi connectivity index (χ4n) is 2.27. The maximum absolute atomic E-state index is 11.9. The molecule has 1 rings (SSSR count). The summed E-state index contributed by atoms with van der Waals surface area (Å²) in [7, 11) is 0. The van der Waals surface area contributed by atoms with Gasteiger partial charge in [-0.15, -0.1) is 24.8 Å². The SMILES string of the molecule is CCN(CC)CC(C)NC(=O)CCc1ccccc1N.Cl.Cl. The molecule has 22 heavy (non-hydrogen) atoms. The van der Waals surface area contributed by atoms with Crippen LogP contribution in [0, 0.1) is 0 Å². The zero-order valence-corrected chi connectivity index (χ0v) is 15.3. The van der Waals surface area contributed by atoms with Crippen molar-refractivity contribution in [2.45, 2.75) is 39.7 Å². The minimum Gasteiger partial charge on any atom is -0.399 e. The van der Waals surface area contributed by atoms with Crippen LogP contribution in [0.2, 0.25) is 0 Å². The summed E-state index contributed by atoms with van der Waals surface area (Å²) < 4.78 is 0. The van der Waals surface area contributed by atoms with E-state index in [1.807, 2.05) is 31.2 Å². The number of benzene rings is 1. The van der Waals surface area contributed by atoms with Crippen molar-refractivity contribution in [3.63, 3.8) is 0 Å². The van der Waals surface area contributed by atoms with E-state index >= 15 is 0 Å². The Hall–Kier alpha value is -0.970. The molecule has 6 heteroatoms. The number of rotatable bonds is 8. The number of anilines is 1. The molecule has 0 fully saturated rings. The highest BCUT2D eigenvalue weighted by molar-refractivity contribution is 5.85. The van der Waals surface area contributed by atoms with E-state index in [9.17, 15) is 4.79 Å². The van der Waals surface area contributed by atoms with Gasteiger partial charge in [-0.2, -0.15) is 0 Å². The van der Waals surface area contributed by atoms with Gasteiger partial charge in [0.1, 0.15) is 0 Å². The third-order valence-electron chi connectivity index (χ3n) is 3.51. The van der Waals surface area contributed by atoms with Gasteiger partial charge >= 0.3 is 0 Å². The summed E-state index contributed by atoms with van der Waals surface area (Å²) in [6.45, 7) is 9.24. The Bertz CT molecular complexity index is 426. The second kappa shape index (κ2) is 12.6. The minimum absolute atomic E-state index is 0. The lowest BCUT2D eigenvalue weighted by Gasteiger charge is -2.23. The molecule has 1 amide bonds. The highest BCUT2D eigenvalue weighted by Gasteiger charge is 2.10. The number of nitrogens with two attached hydrogens (primary N) is 1. The fourth-order valence-corrected chi connectivity index (χ4v) is 2.27. The Morgan fingerprint density at radius 3 is 2.36 bits per heavy atom. The van der Waals surface area contributed by atoms with Gasteiger partial charge in [0.05, 0.1) is 0 Å². The summed E-state index contributed by atoms with van der Waals surface area (Å²) in [6.07, 6.45) is 1.17. The summed E-state index contributed by atoms with van der Waals surface area (Å²) >= 11 is 0. The van der Waals surface area contributed by atoms with Crippen molar-refractivity contribution in [1.29, 1.82) is 0 Å². The molecular weight excluding hydrogens is 321 g/mol. The number of para-hydroxylation sites is 1. The first-order valence-electron chi connectivity index (χ1n) is 7.41. The van der Waals surface area contributed by atoms with Crippen molar-refractivity contribution in [3.8, 4) is 0 Å². The molecule has 1 atom stereocenters. The van der Waals surface area contributed by atoms with E-state index in [1.165, 1.54) is 0 Å². The van der Waals surface area contributed by atoms with Crippen molar-refractivity contribution in [3.05, 3.63) is 29.8 Å². The molecular formula is C16H29Cl2N3O. The molecule has 0 saturated heterocycles. The summed E-state index contributed by atoms with van der Waals surface area (Å²) in [5.74, 6) is 0.0907. The number of carbonyl (C=O) groups is 1. The van der Waals surface area contributed by atoms with E-state index < -0.39 is 0 Å². The Morgan fingerprint density at radius 2 is 1.82 bits per heavy atom. The van der Waals surface area contributed by atoms with Crippen molar-refractivity contribution in [2.24, 2.45) is 0 Å². The number of nitrogens with one attached hydrogen (secondary N) is 1. The van der Waals surface area contributed by atoms with Crippen LogP contribution >= 0.6 is 24.8 Å². The quantitative estimate of drug-likeness (QED) is 0.709. The van der Waals surface area contributed by atoms with Gasteiger partial charge in [-0.3, -0.25) is 4.79 Å². The first-order chi connectivity index (χ1) is 9.56. The van der Waals surface area contributed by atoms with Crippen LogP contribution in [0.4, 0.5) is 5.69 Å². The van der Waals surface area contributed by atoms with Crippen molar-refractivity contribution in [2.75, 3.05) is 25.4 Å².